The van der Waals surface area contributed by atoms with Crippen molar-refractivity contribution in [3.05, 3.63) is 58.1 Å². The van der Waals surface area contributed by atoms with Gasteiger partial charge in [0.2, 0.25) is 0 Å². The molecule has 3 aromatic carbocycles. The zero-order valence-electron chi connectivity index (χ0n) is 12.1. The SMILES string of the molecule is O=Cc1cc2ccccc2c(N=Nc2cc(Cl)cc(Cl)c2O)c1O. The lowest BCUT2D eigenvalue weighted by atomic mass is 10.0. The number of nitrogens with zero attached hydrogens (tertiary/aromatic N) is 2. The van der Waals surface area contributed by atoms with Gasteiger partial charge in [0.25, 0.3) is 0 Å². The minimum absolute atomic E-state index is 0.0344. The van der Waals surface area contributed by atoms with Gasteiger partial charge in [-0.05, 0) is 23.6 Å². The molecule has 0 fully saturated rings. The van der Waals surface area contributed by atoms with Crippen LogP contribution in [0.2, 0.25) is 10.0 Å². The first-order valence-electron chi connectivity index (χ1n) is 6.81. The number of rotatable bonds is 3. The van der Waals surface area contributed by atoms with Gasteiger partial charge in [0.05, 0.1) is 10.6 Å². The highest BCUT2D eigenvalue weighted by Gasteiger charge is 2.13. The molecule has 3 rings (SSSR count). The van der Waals surface area contributed by atoms with E-state index in [4.69, 9.17) is 23.2 Å². The average molecular weight is 361 g/mol. The number of carbonyl (C=O) groups is 1. The van der Waals surface area contributed by atoms with Crippen molar-refractivity contribution in [2.45, 2.75) is 0 Å². The third kappa shape index (κ3) is 2.91. The molecule has 7 heteroatoms. The van der Waals surface area contributed by atoms with E-state index in [1.807, 2.05) is 0 Å². The summed E-state index contributed by atoms with van der Waals surface area (Å²) in [6.45, 7) is 0. The lowest BCUT2D eigenvalue weighted by Gasteiger charge is -2.07. The number of azo groups is 1. The molecule has 120 valence electrons. The van der Waals surface area contributed by atoms with Gasteiger partial charge in [-0.3, -0.25) is 4.79 Å². The number of aldehydes is 1. The number of carbonyl (C=O) groups excluding carboxylic acids is 1. The predicted octanol–water partition coefficient (Wildman–Crippen LogP) is 5.79. The molecule has 0 amide bonds. The van der Waals surface area contributed by atoms with Crippen LogP contribution >= 0.6 is 23.2 Å². The fourth-order valence-electron chi connectivity index (χ4n) is 2.26. The van der Waals surface area contributed by atoms with Crippen LogP contribution in [-0.4, -0.2) is 16.5 Å². The Morgan fingerprint density at radius 1 is 0.958 bits per heavy atom. The lowest BCUT2D eigenvalue weighted by Crippen LogP contribution is -1.84. The molecule has 0 aliphatic heterocycles. The van der Waals surface area contributed by atoms with Gasteiger partial charge in [-0.25, -0.2) is 0 Å². The summed E-state index contributed by atoms with van der Waals surface area (Å²) in [5, 5.41) is 29.7. The van der Waals surface area contributed by atoms with E-state index in [0.717, 1.165) is 5.39 Å². The Kier molecular flexibility index (Phi) is 4.38. The van der Waals surface area contributed by atoms with Crippen molar-refractivity contribution in [3.63, 3.8) is 0 Å². The van der Waals surface area contributed by atoms with Gasteiger partial charge in [0.15, 0.2) is 17.8 Å². The summed E-state index contributed by atoms with van der Waals surface area (Å²) in [6.07, 6.45) is 0.536. The first-order valence-corrected chi connectivity index (χ1v) is 7.56. The second kappa shape index (κ2) is 6.47. The minimum Gasteiger partial charge on any atom is -0.505 e. The van der Waals surface area contributed by atoms with Crippen LogP contribution in [0.25, 0.3) is 10.8 Å². The van der Waals surface area contributed by atoms with Crippen molar-refractivity contribution < 1.29 is 15.0 Å². The Morgan fingerprint density at radius 2 is 1.71 bits per heavy atom. The molecule has 0 spiro atoms. The largest absolute Gasteiger partial charge is 0.505 e. The number of phenolic OH excluding ortho intramolecular Hbond substituents is 2. The molecule has 0 radical (unpaired) electrons. The zero-order chi connectivity index (χ0) is 17.3. The van der Waals surface area contributed by atoms with Crippen molar-refractivity contribution in [1.82, 2.24) is 0 Å². The van der Waals surface area contributed by atoms with Gasteiger partial charge < -0.3 is 10.2 Å². The van der Waals surface area contributed by atoms with Gasteiger partial charge in [0, 0.05) is 10.4 Å². The van der Waals surface area contributed by atoms with Crippen molar-refractivity contribution in [1.29, 1.82) is 0 Å². The van der Waals surface area contributed by atoms with Crippen molar-refractivity contribution in [3.8, 4) is 11.5 Å². The van der Waals surface area contributed by atoms with Crippen molar-refractivity contribution >= 4 is 51.6 Å². The third-order valence-electron chi connectivity index (χ3n) is 3.42. The molecular formula is C17H10Cl2N2O3. The summed E-state index contributed by atoms with van der Waals surface area (Å²) in [7, 11) is 0. The van der Waals surface area contributed by atoms with E-state index in [2.05, 4.69) is 10.2 Å². The minimum atomic E-state index is -0.292. The first-order chi connectivity index (χ1) is 11.5. The van der Waals surface area contributed by atoms with E-state index in [1.165, 1.54) is 12.1 Å². The molecule has 0 saturated heterocycles. The molecule has 2 N–H and O–H groups in total. The first kappa shape index (κ1) is 16.2. The van der Waals surface area contributed by atoms with Crippen LogP contribution in [-0.2, 0) is 0 Å². The van der Waals surface area contributed by atoms with Crippen LogP contribution in [0.15, 0.2) is 52.7 Å². The van der Waals surface area contributed by atoms with E-state index < -0.39 is 0 Å². The standard InChI is InChI=1S/C17H10Cl2N2O3/c18-11-6-13(19)17(24)14(7-11)20-21-15-12-4-2-1-3-9(12)5-10(8-22)16(15)23/h1-8,23-24H. The average Bonchev–Trinajstić information content (AvgIpc) is 2.57. The summed E-state index contributed by atoms with van der Waals surface area (Å²) in [5.74, 6) is -0.569. The molecule has 0 aliphatic carbocycles. The van der Waals surface area contributed by atoms with Crippen molar-refractivity contribution in [2.24, 2.45) is 10.2 Å². The van der Waals surface area contributed by atoms with Crippen LogP contribution in [0, 0.1) is 0 Å². The van der Waals surface area contributed by atoms with Crippen LogP contribution in [0.5, 0.6) is 11.5 Å². The molecule has 0 bridgehead atoms. The maximum Gasteiger partial charge on any atom is 0.161 e. The topological polar surface area (TPSA) is 82.2 Å². The molecule has 0 aromatic heterocycles. The Bertz CT molecular complexity index is 987. The molecule has 0 heterocycles. The van der Waals surface area contributed by atoms with Crippen LogP contribution in [0.4, 0.5) is 11.4 Å². The number of benzene rings is 3. The van der Waals surface area contributed by atoms with E-state index in [1.54, 1.807) is 30.3 Å². The molecule has 0 atom stereocenters. The number of hydrogen-bond donors (Lipinski definition) is 2. The zero-order valence-corrected chi connectivity index (χ0v) is 13.6. The van der Waals surface area contributed by atoms with Gasteiger partial charge in [-0.2, -0.15) is 0 Å². The monoisotopic (exact) mass is 360 g/mol. The van der Waals surface area contributed by atoms with Crippen LogP contribution < -0.4 is 0 Å². The van der Waals surface area contributed by atoms with E-state index in [9.17, 15) is 15.0 Å². The summed E-state index contributed by atoms with van der Waals surface area (Å²) >= 11 is 11.7. The van der Waals surface area contributed by atoms with Crippen LogP contribution in [0.1, 0.15) is 10.4 Å². The predicted molar refractivity (Wildman–Crippen MR) is 93.3 cm³/mol. The quantitative estimate of drug-likeness (QED) is 0.458. The van der Waals surface area contributed by atoms with Gasteiger partial charge in [0.1, 0.15) is 11.4 Å². The normalized spacial score (nSPS) is 11.2. The number of phenols is 2. The fourth-order valence-corrected chi connectivity index (χ4v) is 2.74. The van der Waals surface area contributed by atoms with Crippen molar-refractivity contribution in [2.75, 3.05) is 0 Å². The van der Waals surface area contributed by atoms with Gasteiger partial charge in [-0.15, -0.1) is 10.2 Å². The Labute approximate surface area is 146 Å². The van der Waals surface area contributed by atoms with E-state index in [-0.39, 0.29) is 38.5 Å². The summed E-state index contributed by atoms with van der Waals surface area (Å²) in [4.78, 5) is 11.1. The second-order valence-corrected chi connectivity index (χ2v) is 5.80. The summed E-state index contributed by atoms with van der Waals surface area (Å²) < 4.78 is 0. The third-order valence-corrected chi connectivity index (χ3v) is 3.92. The van der Waals surface area contributed by atoms with Gasteiger partial charge in [-0.1, -0.05) is 47.5 Å². The lowest BCUT2D eigenvalue weighted by molar-refractivity contribution is 0.112. The smallest absolute Gasteiger partial charge is 0.161 e. The fraction of sp³-hybridized carbons (Fsp3) is 0. The summed E-state index contributed by atoms with van der Waals surface area (Å²) in [5.41, 5.74) is 0.259. The molecular weight excluding hydrogens is 351 g/mol. The number of aromatic hydroxyl groups is 2. The van der Waals surface area contributed by atoms with Gasteiger partial charge >= 0.3 is 0 Å². The molecule has 0 saturated carbocycles. The van der Waals surface area contributed by atoms with Crippen LogP contribution in [0.3, 0.4) is 0 Å². The molecule has 0 aliphatic rings. The maximum absolute atomic E-state index is 11.1. The molecule has 3 aromatic rings. The molecule has 5 nitrogen and oxygen atoms in total. The number of fused-ring (bicyclic) bond motifs is 1. The Hall–Kier alpha value is -2.63. The highest BCUT2D eigenvalue weighted by molar-refractivity contribution is 6.36. The number of halogens is 2. The Balaban J connectivity index is 2.20. The second-order valence-electron chi connectivity index (χ2n) is 4.96. The summed E-state index contributed by atoms with van der Waals surface area (Å²) in [6, 6.07) is 11.4. The van der Waals surface area contributed by atoms with E-state index in [0.29, 0.717) is 11.7 Å². The maximum atomic E-state index is 11.1. The number of hydrogen-bond acceptors (Lipinski definition) is 5. The highest BCUT2D eigenvalue weighted by atomic mass is 35.5. The molecule has 24 heavy (non-hydrogen) atoms. The highest BCUT2D eigenvalue weighted by Crippen LogP contribution is 2.41. The van der Waals surface area contributed by atoms with E-state index >= 15 is 0 Å². The Morgan fingerprint density at radius 3 is 2.46 bits per heavy atom. The molecule has 0 unspecified atom stereocenters.